The monoisotopic (exact) mass is 422 g/mol. The van der Waals surface area contributed by atoms with Crippen LogP contribution in [0.15, 0.2) is 70.9 Å². The lowest BCUT2D eigenvalue weighted by molar-refractivity contribution is 0.561. The van der Waals surface area contributed by atoms with Crippen LogP contribution in [0.4, 0.5) is 11.4 Å². The quantitative estimate of drug-likeness (QED) is 0.260. The molecule has 4 N–H and O–H groups in total. The topological polar surface area (TPSA) is 96.5 Å². The van der Waals surface area contributed by atoms with E-state index < -0.39 is 11.1 Å². The lowest BCUT2D eigenvalue weighted by Crippen LogP contribution is -2.38. The van der Waals surface area contributed by atoms with Crippen LogP contribution in [0.1, 0.15) is 27.7 Å². The maximum atomic E-state index is 8.29. The molecule has 2 aromatic rings. The van der Waals surface area contributed by atoms with E-state index in [9.17, 15) is 0 Å². The second-order valence-electron chi connectivity index (χ2n) is 7.05. The molecular weight excluding hydrogens is 395 g/mol. The molecule has 0 fully saturated rings. The number of hydrogen-bond acceptors (Lipinski definition) is 4. The van der Waals surface area contributed by atoms with Gasteiger partial charge in [-0.25, -0.2) is 0 Å². The molecule has 0 heterocycles. The first-order chi connectivity index (χ1) is 12.2. The van der Waals surface area contributed by atoms with E-state index in [2.05, 4.69) is 20.9 Å². The number of nitrogens with zero attached hydrogens (tertiary/aromatic N) is 2. The first-order valence-corrected chi connectivity index (χ1v) is 8.47. The third-order valence-corrected chi connectivity index (χ3v) is 3.86. The summed E-state index contributed by atoms with van der Waals surface area (Å²) in [6.07, 6.45) is 0. The molecule has 0 bridgehead atoms. The van der Waals surface area contributed by atoms with Gasteiger partial charge in [-0.3, -0.25) is 10.8 Å². The molecule has 0 aliphatic carbocycles. The summed E-state index contributed by atoms with van der Waals surface area (Å²) in [5.41, 5.74) is -0.00246. The van der Waals surface area contributed by atoms with Gasteiger partial charge >= 0.3 is 0 Å². The van der Waals surface area contributed by atoms with E-state index in [1.807, 2.05) is 88.4 Å². The van der Waals surface area contributed by atoms with Crippen LogP contribution in [0.25, 0.3) is 0 Å². The smallest absolute Gasteiger partial charge is 0.133 e. The van der Waals surface area contributed by atoms with Crippen LogP contribution in [0.2, 0.25) is 0 Å². The van der Waals surface area contributed by atoms with Crippen molar-refractivity contribution in [1.82, 2.24) is 0 Å². The molecule has 0 saturated carbocycles. The fourth-order valence-electron chi connectivity index (χ4n) is 1.99. The summed E-state index contributed by atoms with van der Waals surface area (Å²) >= 11 is 0. The zero-order valence-electron chi connectivity index (χ0n) is 16.5. The van der Waals surface area contributed by atoms with E-state index in [1.54, 1.807) is 0 Å². The van der Waals surface area contributed by atoms with E-state index in [-0.39, 0.29) is 36.5 Å². The second kappa shape index (κ2) is 10.8. The third kappa shape index (κ3) is 7.29. The summed E-state index contributed by atoms with van der Waals surface area (Å²) in [6.45, 7) is 7.27. The Morgan fingerprint density at radius 3 is 1.21 bits per heavy atom. The summed E-state index contributed by atoms with van der Waals surface area (Å²) < 4.78 is 0. The van der Waals surface area contributed by atoms with Gasteiger partial charge in [0.2, 0.25) is 0 Å². The number of nitrogens with one attached hydrogen (secondary N) is 4. The number of benzene rings is 2. The van der Waals surface area contributed by atoms with Crippen LogP contribution in [-0.4, -0.2) is 22.7 Å². The first kappa shape index (κ1) is 25.6. The molecule has 8 heteroatoms. The molecule has 2 rings (SSSR count). The maximum absolute atomic E-state index is 8.29. The Morgan fingerprint density at radius 2 is 0.929 bits per heavy atom. The Bertz CT molecular complexity index is 721. The number of halogens is 2. The number of hydrogen-bond donors (Lipinski definition) is 4. The molecule has 0 amide bonds. The van der Waals surface area contributed by atoms with Gasteiger partial charge in [-0.1, -0.05) is 36.4 Å². The van der Waals surface area contributed by atoms with Crippen LogP contribution in [0, 0.1) is 10.8 Å². The minimum absolute atomic E-state index is 0. The summed E-state index contributed by atoms with van der Waals surface area (Å²) in [5, 5.41) is 31.4. The largest absolute Gasteiger partial charge is 0.342 e. The van der Waals surface area contributed by atoms with Crippen molar-refractivity contribution >= 4 is 47.9 Å². The molecule has 0 saturated heterocycles. The average molecular weight is 423 g/mol. The Morgan fingerprint density at radius 1 is 0.643 bits per heavy atom. The van der Waals surface area contributed by atoms with E-state index in [0.717, 1.165) is 11.4 Å². The van der Waals surface area contributed by atoms with Crippen molar-refractivity contribution in [3.8, 4) is 0 Å². The molecule has 0 unspecified atom stereocenters. The van der Waals surface area contributed by atoms with Gasteiger partial charge in [0, 0.05) is 11.4 Å². The molecule has 28 heavy (non-hydrogen) atoms. The molecule has 0 aromatic heterocycles. The Hall–Kier alpha value is -2.44. The number of azo groups is 1. The van der Waals surface area contributed by atoms with Crippen molar-refractivity contribution in [3.63, 3.8) is 0 Å². The minimum atomic E-state index is -0.833. The average Bonchev–Trinajstić information content (AvgIpc) is 2.62. The van der Waals surface area contributed by atoms with Gasteiger partial charge in [-0.15, -0.1) is 24.8 Å². The Labute approximate surface area is 179 Å². The molecular formula is C20H28Cl2N6. The Kier molecular flexibility index (Phi) is 9.84. The van der Waals surface area contributed by atoms with Crippen LogP contribution in [0.5, 0.6) is 0 Å². The fraction of sp³-hybridized carbons (Fsp3) is 0.300. The first-order valence-electron chi connectivity index (χ1n) is 8.47. The van der Waals surface area contributed by atoms with Crippen molar-refractivity contribution in [1.29, 1.82) is 10.8 Å². The number of rotatable bonds is 6. The molecule has 0 radical (unpaired) electrons. The van der Waals surface area contributed by atoms with Gasteiger partial charge in [0.25, 0.3) is 0 Å². The van der Waals surface area contributed by atoms with Crippen LogP contribution < -0.4 is 10.6 Å². The van der Waals surface area contributed by atoms with Gasteiger partial charge in [0.15, 0.2) is 0 Å². The van der Waals surface area contributed by atoms with Crippen molar-refractivity contribution in [2.45, 2.75) is 38.8 Å². The van der Waals surface area contributed by atoms with Crippen LogP contribution >= 0.6 is 24.8 Å². The highest BCUT2D eigenvalue weighted by atomic mass is 35.5. The molecule has 152 valence electrons. The van der Waals surface area contributed by atoms with Crippen molar-refractivity contribution < 1.29 is 0 Å². The third-order valence-electron chi connectivity index (χ3n) is 3.86. The number of amidine groups is 2. The molecule has 6 nitrogen and oxygen atoms in total. The minimum Gasteiger partial charge on any atom is -0.342 e. The highest BCUT2D eigenvalue weighted by molar-refractivity contribution is 6.00. The fourth-order valence-corrected chi connectivity index (χ4v) is 1.99. The molecule has 0 atom stereocenters. The van der Waals surface area contributed by atoms with E-state index in [4.69, 9.17) is 10.8 Å². The predicted octanol–water partition coefficient (Wildman–Crippen LogP) is 6.02. The molecule has 2 aromatic carbocycles. The zero-order chi connectivity index (χ0) is 19.2. The summed E-state index contributed by atoms with van der Waals surface area (Å²) in [7, 11) is 0. The standard InChI is InChI=1S/C20H26N6.2ClH/c1-19(2,17(21)23-15-11-7-5-8-12-15)25-26-20(3,4)18(22)24-16-13-9-6-10-14-16;;/h5-14H,1-4H3,(H2,21,23)(H2,22,24);2*1H/b26-25+;;. The predicted molar refractivity (Wildman–Crippen MR) is 123 cm³/mol. The zero-order valence-corrected chi connectivity index (χ0v) is 18.1. The Balaban J connectivity index is 0.00000364. The summed E-state index contributed by atoms with van der Waals surface area (Å²) in [6, 6.07) is 19.1. The van der Waals surface area contributed by atoms with Crippen molar-refractivity contribution in [2.75, 3.05) is 10.6 Å². The number of anilines is 2. The highest BCUT2D eigenvalue weighted by Crippen LogP contribution is 2.20. The molecule has 0 aliphatic rings. The van der Waals surface area contributed by atoms with Gasteiger partial charge < -0.3 is 10.6 Å². The van der Waals surface area contributed by atoms with E-state index in [0.29, 0.717) is 0 Å². The lowest BCUT2D eigenvalue weighted by Gasteiger charge is -2.25. The van der Waals surface area contributed by atoms with Crippen molar-refractivity contribution in [3.05, 3.63) is 60.7 Å². The second-order valence-corrected chi connectivity index (χ2v) is 7.05. The van der Waals surface area contributed by atoms with Gasteiger partial charge in [0.1, 0.15) is 22.7 Å². The van der Waals surface area contributed by atoms with Gasteiger partial charge in [0.05, 0.1) is 0 Å². The van der Waals surface area contributed by atoms with Crippen LogP contribution in [0.3, 0.4) is 0 Å². The van der Waals surface area contributed by atoms with E-state index in [1.165, 1.54) is 0 Å². The summed E-state index contributed by atoms with van der Waals surface area (Å²) in [5.74, 6) is 0.483. The van der Waals surface area contributed by atoms with Crippen molar-refractivity contribution in [2.24, 2.45) is 10.2 Å². The SMILES string of the molecule is CC(C)(/N=N/C(C)(C)C(=N)Nc1ccccc1)C(=N)Nc1ccccc1.Cl.Cl. The van der Waals surface area contributed by atoms with Crippen LogP contribution in [-0.2, 0) is 0 Å². The van der Waals surface area contributed by atoms with Gasteiger partial charge in [-0.2, -0.15) is 10.2 Å². The maximum Gasteiger partial charge on any atom is 0.133 e. The summed E-state index contributed by atoms with van der Waals surface area (Å²) in [4.78, 5) is 0. The van der Waals surface area contributed by atoms with Gasteiger partial charge in [-0.05, 0) is 52.0 Å². The normalized spacial score (nSPS) is 11.1. The lowest BCUT2D eigenvalue weighted by atomic mass is 10.0. The highest BCUT2D eigenvalue weighted by Gasteiger charge is 2.28. The molecule has 0 spiro atoms. The number of para-hydroxylation sites is 2. The van der Waals surface area contributed by atoms with E-state index >= 15 is 0 Å². The molecule has 0 aliphatic heterocycles.